The van der Waals surface area contributed by atoms with Crippen LogP contribution in [-0.2, 0) is 13.1 Å². The molecule has 0 bridgehead atoms. The van der Waals surface area contributed by atoms with Gasteiger partial charge in [0.05, 0.1) is 16.7 Å². The molecule has 0 aliphatic rings. The van der Waals surface area contributed by atoms with Gasteiger partial charge < -0.3 is 0 Å². The van der Waals surface area contributed by atoms with E-state index in [1.807, 2.05) is 41.3 Å². The molecule has 3 heterocycles. The largest absolute Gasteiger partial charge is 0.329 e. The SMILES string of the molecule is CCn1c(=O)n(CC)c2cc(-n3ccnc3-c3ccncc3)c(C)cc21. The quantitative estimate of drug-likeness (QED) is 0.568. The second kappa shape index (κ2) is 6.29. The van der Waals surface area contributed by atoms with E-state index in [4.69, 9.17) is 0 Å². The number of hydrogen-bond donors (Lipinski definition) is 0. The highest BCUT2D eigenvalue weighted by atomic mass is 16.1. The third kappa shape index (κ3) is 2.37. The van der Waals surface area contributed by atoms with Crippen LogP contribution in [0.5, 0.6) is 0 Å². The summed E-state index contributed by atoms with van der Waals surface area (Å²) in [5.41, 5.74) is 5.10. The lowest BCUT2D eigenvalue weighted by Gasteiger charge is -2.12. The van der Waals surface area contributed by atoms with Crippen LogP contribution in [0.4, 0.5) is 0 Å². The van der Waals surface area contributed by atoms with E-state index in [1.165, 1.54) is 0 Å². The van der Waals surface area contributed by atoms with Gasteiger partial charge in [0, 0.05) is 43.4 Å². The minimum absolute atomic E-state index is 0.0431. The highest BCUT2D eigenvalue weighted by Gasteiger charge is 2.16. The van der Waals surface area contributed by atoms with Gasteiger partial charge in [0.1, 0.15) is 5.82 Å². The van der Waals surface area contributed by atoms with Gasteiger partial charge in [0.2, 0.25) is 0 Å². The molecule has 0 amide bonds. The van der Waals surface area contributed by atoms with E-state index < -0.39 is 0 Å². The fourth-order valence-electron chi connectivity index (χ4n) is 3.54. The highest BCUT2D eigenvalue weighted by molar-refractivity contribution is 5.81. The van der Waals surface area contributed by atoms with Crippen molar-refractivity contribution < 1.29 is 0 Å². The molecular formula is C20H21N5O. The molecule has 0 saturated heterocycles. The molecule has 0 saturated carbocycles. The van der Waals surface area contributed by atoms with E-state index in [1.54, 1.807) is 18.6 Å². The summed E-state index contributed by atoms with van der Waals surface area (Å²) in [5.74, 6) is 0.857. The minimum atomic E-state index is 0.0431. The van der Waals surface area contributed by atoms with Gasteiger partial charge in [-0.1, -0.05) is 0 Å². The summed E-state index contributed by atoms with van der Waals surface area (Å²) in [6, 6.07) is 8.08. The molecule has 0 unspecified atom stereocenters. The predicted octanol–water partition coefficient (Wildman–Crippen LogP) is 3.40. The maximum Gasteiger partial charge on any atom is 0.329 e. The highest BCUT2D eigenvalue weighted by Crippen LogP contribution is 2.27. The number of pyridine rings is 1. The fraction of sp³-hybridized carbons (Fsp3) is 0.250. The standard InChI is InChI=1S/C20H21N5O/c1-4-23-17-12-14(3)16(13-18(17)24(5-2)20(23)26)25-11-10-22-19(25)15-6-8-21-9-7-15/h6-13H,4-5H2,1-3H3. The molecule has 4 rings (SSSR count). The van der Waals surface area contributed by atoms with Crippen molar-refractivity contribution in [2.45, 2.75) is 33.9 Å². The Balaban J connectivity index is 1.99. The first kappa shape index (κ1) is 16.3. The van der Waals surface area contributed by atoms with Crippen LogP contribution in [0.15, 0.2) is 53.8 Å². The maximum atomic E-state index is 12.6. The van der Waals surface area contributed by atoms with Crippen molar-refractivity contribution >= 4 is 11.0 Å². The smallest absolute Gasteiger partial charge is 0.299 e. The van der Waals surface area contributed by atoms with Crippen LogP contribution in [0, 0.1) is 6.92 Å². The topological polar surface area (TPSA) is 57.6 Å². The summed E-state index contributed by atoms with van der Waals surface area (Å²) in [6.07, 6.45) is 7.28. The lowest BCUT2D eigenvalue weighted by Crippen LogP contribution is -2.23. The molecule has 0 atom stereocenters. The Hall–Kier alpha value is -3.15. The Morgan fingerprint density at radius 3 is 2.27 bits per heavy atom. The summed E-state index contributed by atoms with van der Waals surface area (Å²) < 4.78 is 5.72. The van der Waals surface area contributed by atoms with Crippen LogP contribution in [-0.4, -0.2) is 23.7 Å². The van der Waals surface area contributed by atoms with Gasteiger partial charge in [-0.25, -0.2) is 9.78 Å². The van der Waals surface area contributed by atoms with E-state index >= 15 is 0 Å². The average molecular weight is 347 g/mol. The number of imidazole rings is 2. The van der Waals surface area contributed by atoms with Gasteiger partial charge in [-0.05, 0) is 50.6 Å². The third-order valence-corrected chi connectivity index (χ3v) is 4.81. The number of aromatic nitrogens is 5. The van der Waals surface area contributed by atoms with Crippen molar-refractivity contribution in [2.75, 3.05) is 0 Å². The molecular weight excluding hydrogens is 326 g/mol. The Morgan fingerprint density at radius 1 is 0.962 bits per heavy atom. The van der Waals surface area contributed by atoms with Crippen LogP contribution in [0.25, 0.3) is 28.1 Å². The number of aryl methyl sites for hydroxylation is 3. The van der Waals surface area contributed by atoms with Crippen LogP contribution in [0.3, 0.4) is 0 Å². The second-order valence-electron chi connectivity index (χ2n) is 6.26. The molecule has 0 spiro atoms. The number of fused-ring (bicyclic) bond motifs is 1. The minimum Gasteiger partial charge on any atom is -0.299 e. The molecule has 0 radical (unpaired) electrons. The van der Waals surface area contributed by atoms with Crippen molar-refractivity contribution in [3.63, 3.8) is 0 Å². The number of hydrogen-bond acceptors (Lipinski definition) is 3. The summed E-state index contributed by atoms with van der Waals surface area (Å²) in [6.45, 7) is 7.38. The summed E-state index contributed by atoms with van der Waals surface area (Å²) in [7, 11) is 0. The Kier molecular flexibility index (Phi) is 3.95. The van der Waals surface area contributed by atoms with E-state index in [9.17, 15) is 4.79 Å². The molecule has 26 heavy (non-hydrogen) atoms. The zero-order chi connectivity index (χ0) is 18.3. The van der Waals surface area contributed by atoms with Crippen LogP contribution in [0.2, 0.25) is 0 Å². The summed E-state index contributed by atoms with van der Waals surface area (Å²) in [4.78, 5) is 21.3. The Bertz CT molecular complexity index is 1130. The monoisotopic (exact) mass is 347 g/mol. The van der Waals surface area contributed by atoms with Gasteiger partial charge in [-0.15, -0.1) is 0 Å². The van der Waals surface area contributed by atoms with Crippen molar-refractivity contribution in [3.05, 3.63) is 65.1 Å². The van der Waals surface area contributed by atoms with Crippen LogP contribution < -0.4 is 5.69 Å². The number of rotatable bonds is 4. The number of nitrogens with zero attached hydrogens (tertiary/aromatic N) is 5. The van der Waals surface area contributed by atoms with Crippen molar-refractivity contribution in [2.24, 2.45) is 0 Å². The van der Waals surface area contributed by atoms with Gasteiger partial charge in [0.15, 0.2) is 0 Å². The summed E-state index contributed by atoms with van der Waals surface area (Å²) >= 11 is 0. The lowest BCUT2D eigenvalue weighted by atomic mass is 10.1. The summed E-state index contributed by atoms with van der Waals surface area (Å²) in [5, 5.41) is 0. The van der Waals surface area contributed by atoms with E-state index in [0.29, 0.717) is 13.1 Å². The maximum absolute atomic E-state index is 12.6. The van der Waals surface area contributed by atoms with Gasteiger partial charge in [-0.2, -0.15) is 0 Å². The first-order chi connectivity index (χ1) is 12.7. The molecule has 3 aromatic heterocycles. The normalized spacial score (nSPS) is 11.3. The molecule has 0 aliphatic heterocycles. The molecule has 4 aromatic rings. The molecule has 6 heteroatoms. The molecule has 0 N–H and O–H groups in total. The molecule has 6 nitrogen and oxygen atoms in total. The molecule has 132 valence electrons. The van der Waals surface area contributed by atoms with E-state index in [0.717, 1.165) is 33.7 Å². The van der Waals surface area contributed by atoms with Gasteiger partial charge >= 0.3 is 5.69 Å². The fourth-order valence-corrected chi connectivity index (χ4v) is 3.54. The lowest BCUT2D eigenvalue weighted by molar-refractivity contribution is 0.670. The second-order valence-corrected chi connectivity index (χ2v) is 6.26. The average Bonchev–Trinajstić information content (AvgIpc) is 3.23. The molecule has 0 fully saturated rings. The zero-order valence-electron chi connectivity index (χ0n) is 15.2. The third-order valence-electron chi connectivity index (χ3n) is 4.81. The Morgan fingerprint density at radius 2 is 1.62 bits per heavy atom. The van der Waals surface area contributed by atoms with Crippen molar-refractivity contribution in [3.8, 4) is 17.1 Å². The molecule has 1 aromatic carbocycles. The number of benzene rings is 1. The molecule has 0 aliphatic carbocycles. The van der Waals surface area contributed by atoms with Crippen molar-refractivity contribution in [1.82, 2.24) is 23.7 Å². The Labute approximate surface area is 151 Å². The van der Waals surface area contributed by atoms with Gasteiger partial charge in [0.25, 0.3) is 0 Å². The van der Waals surface area contributed by atoms with Crippen LogP contribution >= 0.6 is 0 Å². The van der Waals surface area contributed by atoms with Crippen molar-refractivity contribution in [1.29, 1.82) is 0 Å². The first-order valence-electron chi connectivity index (χ1n) is 8.83. The zero-order valence-corrected chi connectivity index (χ0v) is 15.2. The van der Waals surface area contributed by atoms with E-state index in [2.05, 4.69) is 33.6 Å². The first-order valence-corrected chi connectivity index (χ1v) is 8.83. The van der Waals surface area contributed by atoms with Gasteiger partial charge in [-0.3, -0.25) is 18.7 Å². The van der Waals surface area contributed by atoms with Crippen LogP contribution in [0.1, 0.15) is 19.4 Å². The predicted molar refractivity (Wildman–Crippen MR) is 103 cm³/mol. The van der Waals surface area contributed by atoms with E-state index in [-0.39, 0.29) is 5.69 Å².